The first-order chi connectivity index (χ1) is 11.5. The Labute approximate surface area is 145 Å². The van der Waals surface area contributed by atoms with E-state index in [2.05, 4.69) is 10.2 Å². The Morgan fingerprint density at radius 3 is 2.46 bits per heavy atom. The molecule has 0 bridgehead atoms. The summed E-state index contributed by atoms with van der Waals surface area (Å²) in [6, 6.07) is 5.05. The average Bonchev–Trinajstić information content (AvgIpc) is 2.80. The molecule has 0 aromatic heterocycles. The summed E-state index contributed by atoms with van der Waals surface area (Å²) < 4.78 is 38.6. The molecule has 0 radical (unpaired) electrons. The number of carbonyl (C=O) groups is 1. The van der Waals surface area contributed by atoms with Gasteiger partial charge in [0, 0.05) is 12.3 Å². The molecule has 1 heterocycles. The number of thioether (sulfide) groups is 1. The molecule has 1 fully saturated rings. The summed E-state index contributed by atoms with van der Waals surface area (Å²) in [6.07, 6.45) is 0.540. The maximum absolute atomic E-state index is 12.9. The standard InChI is InChI=1S/C17H23F3N2OS/c18-17(19,20)14-7-3-4-8-15(14)21-16(23)13-24-12-11-22-9-5-1-2-6-10-22/h3-4,7-8H,1-2,5-6,9-13H2,(H,21,23). The zero-order valence-corrected chi connectivity index (χ0v) is 14.4. The molecule has 2 rings (SSSR count). The van der Waals surface area contributed by atoms with E-state index in [0.717, 1.165) is 31.5 Å². The van der Waals surface area contributed by atoms with Crippen LogP contribution in [0.1, 0.15) is 31.2 Å². The van der Waals surface area contributed by atoms with Crippen molar-refractivity contribution in [3.8, 4) is 0 Å². The van der Waals surface area contributed by atoms with Gasteiger partial charge in [-0.2, -0.15) is 24.9 Å². The highest BCUT2D eigenvalue weighted by atomic mass is 32.2. The topological polar surface area (TPSA) is 32.3 Å². The van der Waals surface area contributed by atoms with Gasteiger partial charge in [-0.05, 0) is 38.1 Å². The molecular formula is C17H23F3N2OS. The largest absolute Gasteiger partial charge is 0.418 e. The number of hydrogen-bond acceptors (Lipinski definition) is 3. The van der Waals surface area contributed by atoms with Gasteiger partial charge >= 0.3 is 6.18 Å². The number of rotatable bonds is 6. The normalized spacial score (nSPS) is 16.6. The Morgan fingerprint density at radius 1 is 1.12 bits per heavy atom. The molecule has 1 saturated heterocycles. The van der Waals surface area contributed by atoms with Crippen LogP contribution in [-0.4, -0.2) is 41.9 Å². The number of benzene rings is 1. The van der Waals surface area contributed by atoms with Crippen molar-refractivity contribution in [3.63, 3.8) is 0 Å². The number of para-hydroxylation sites is 1. The second kappa shape index (κ2) is 9.32. The third kappa shape index (κ3) is 6.36. The first kappa shape index (κ1) is 19.1. The molecule has 7 heteroatoms. The fourth-order valence-electron chi connectivity index (χ4n) is 2.74. The number of halogens is 3. The summed E-state index contributed by atoms with van der Waals surface area (Å²) in [7, 11) is 0. The van der Waals surface area contributed by atoms with Gasteiger partial charge in [0.15, 0.2) is 0 Å². The maximum atomic E-state index is 12.9. The summed E-state index contributed by atoms with van der Waals surface area (Å²) in [4.78, 5) is 14.3. The number of anilines is 1. The number of nitrogens with zero attached hydrogens (tertiary/aromatic N) is 1. The average molecular weight is 360 g/mol. The monoisotopic (exact) mass is 360 g/mol. The van der Waals surface area contributed by atoms with E-state index >= 15 is 0 Å². The number of amides is 1. The van der Waals surface area contributed by atoms with Crippen molar-refractivity contribution in [3.05, 3.63) is 29.8 Å². The van der Waals surface area contributed by atoms with Crippen LogP contribution in [0.5, 0.6) is 0 Å². The molecule has 1 aromatic carbocycles. The van der Waals surface area contributed by atoms with Gasteiger partial charge in [0.05, 0.1) is 17.0 Å². The van der Waals surface area contributed by atoms with Crippen molar-refractivity contribution in [1.82, 2.24) is 4.90 Å². The summed E-state index contributed by atoms with van der Waals surface area (Å²) >= 11 is 1.46. The zero-order chi connectivity index (χ0) is 17.4. The number of likely N-dealkylation sites (tertiary alicyclic amines) is 1. The number of alkyl halides is 3. The molecule has 0 saturated carbocycles. The molecule has 0 spiro atoms. The summed E-state index contributed by atoms with van der Waals surface area (Å²) in [6.45, 7) is 3.13. The molecule has 1 aromatic rings. The summed E-state index contributed by atoms with van der Waals surface area (Å²) in [5.74, 6) is 0.585. The van der Waals surface area contributed by atoms with Crippen LogP contribution in [0.25, 0.3) is 0 Å². The van der Waals surface area contributed by atoms with E-state index in [0.29, 0.717) is 0 Å². The van der Waals surface area contributed by atoms with Gasteiger partial charge in [0.2, 0.25) is 5.91 Å². The summed E-state index contributed by atoms with van der Waals surface area (Å²) in [5.41, 5.74) is -0.990. The lowest BCUT2D eigenvalue weighted by Gasteiger charge is -2.19. The molecule has 1 amide bonds. The number of nitrogens with one attached hydrogen (secondary N) is 1. The van der Waals surface area contributed by atoms with Crippen LogP contribution in [-0.2, 0) is 11.0 Å². The minimum Gasteiger partial charge on any atom is -0.325 e. The lowest BCUT2D eigenvalue weighted by Crippen LogP contribution is -2.27. The Balaban J connectivity index is 1.74. The predicted molar refractivity (Wildman–Crippen MR) is 92.3 cm³/mol. The fourth-order valence-corrected chi connectivity index (χ4v) is 3.53. The van der Waals surface area contributed by atoms with Crippen LogP contribution in [0, 0.1) is 0 Å². The molecule has 1 N–H and O–H groups in total. The van der Waals surface area contributed by atoms with E-state index in [1.807, 2.05) is 0 Å². The minimum absolute atomic E-state index is 0.167. The van der Waals surface area contributed by atoms with Gasteiger partial charge in [0.1, 0.15) is 0 Å². The maximum Gasteiger partial charge on any atom is 0.418 e. The second-order valence-corrected chi connectivity index (χ2v) is 7.01. The van der Waals surface area contributed by atoms with E-state index < -0.39 is 17.6 Å². The van der Waals surface area contributed by atoms with Crippen molar-refractivity contribution in [1.29, 1.82) is 0 Å². The Kier molecular flexibility index (Phi) is 7.42. The molecule has 1 aliphatic heterocycles. The molecular weight excluding hydrogens is 337 g/mol. The van der Waals surface area contributed by atoms with Gasteiger partial charge in [0.25, 0.3) is 0 Å². The van der Waals surface area contributed by atoms with Gasteiger partial charge in [-0.1, -0.05) is 25.0 Å². The van der Waals surface area contributed by atoms with E-state index in [1.54, 1.807) is 0 Å². The van der Waals surface area contributed by atoms with Gasteiger partial charge in [-0.25, -0.2) is 0 Å². The lowest BCUT2D eigenvalue weighted by atomic mass is 10.1. The van der Waals surface area contributed by atoms with Crippen LogP contribution in [0.15, 0.2) is 24.3 Å². The van der Waals surface area contributed by atoms with Crippen molar-refractivity contribution in [2.24, 2.45) is 0 Å². The molecule has 0 atom stereocenters. The molecule has 24 heavy (non-hydrogen) atoms. The first-order valence-corrected chi connectivity index (χ1v) is 9.38. The SMILES string of the molecule is O=C(CSCCN1CCCCCC1)Nc1ccccc1C(F)(F)F. The smallest absolute Gasteiger partial charge is 0.325 e. The quantitative estimate of drug-likeness (QED) is 0.770. The van der Waals surface area contributed by atoms with Crippen LogP contribution in [0.3, 0.4) is 0 Å². The summed E-state index contributed by atoms with van der Waals surface area (Å²) in [5, 5.41) is 2.37. The highest BCUT2D eigenvalue weighted by molar-refractivity contribution is 7.99. The van der Waals surface area contributed by atoms with Gasteiger partial charge in [-0.15, -0.1) is 0 Å². The van der Waals surface area contributed by atoms with E-state index in [9.17, 15) is 18.0 Å². The van der Waals surface area contributed by atoms with Crippen LogP contribution >= 0.6 is 11.8 Å². The third-order valence-corrected chi connectivity index (χ3v) is 4.93. The molecule has 0 aliphatic carbocycles. The van der Waals surface area contributed by atoms with Crippen molar-refractivity contribution in [2.75, 3.05) is 36.5 Å². The fraction of sp³-hybridized carbons (Fsp3) is 0.588. The Hall–Kier alpha value is -1.21. The molecule has 3 nitrogen and oxygen atoms in total. The number of hydrogen-bond donors (Lipinski definition) is 1. The predicted octanol–water partition coefficient (Wildman–Crippen LogP) is 4.25. The third-order valence-electron chi connectivity index (χ3n) is 3.99. The van der Waals surface area contributed by atoms with Crippen molar-refractivity contribution in [2.45, 2.75) is 31.9 Å². The molecule has 1 aliphatic rings. The Bertz CT molecular complexity index is 529. The van der Waals surface area contributed by atoms with Crippen molar-refractivity contribution >= 4 is 23.4 Å². The zero-order valence-electron chi connectivity index (χ0n) is 13.6. The molecule has 134 valence electrons. The van der Waals surface area contributed by atoms with Gasteiger partial charge < -0.3 is 10.2 Å². The van der Waals surface area contributed by atoms with Crippen LogP contribution < -0.4 is 5.32 Å². The first-order valence-electron chi connectivity index (χ1n) is 8.23. The van der Waals surface area contributed by atoms with E-state index in [1.165, 1.54) is 55.6 Å². The highest BCUT2D eigenvalue weighted by Crippen LogP contribution is 2.34. The van der Waals surface area contributed by atoms with Gasteiger partial charge in [-0.3, -0.25) is 4.79 Å². The van der Waals surface area contributed by atoms with E-state index in [4.69, 9.17) is 0 Å². The highest BCUT2D eigenvalue weighted by Gasteiger charge is 2.33. The van der Waals surface area contributed by atoms with Crippen molar-refractivity contribution < 1.29 is 18.0 Å². The minimum atomic E-state index is -4.47. The van der Waals surface area contributed by atoms with E-state index in [-0.39, 0.29) is 11.4 Å². The lowest BCUT2D eigenvalue weighted by molar-refractivity contribution is -0.137. The van der Waals surface area contributed by atoms with Crippen LogP contribution in [0.2, 0.25) is 0 Å². The second-order valence-electron chi connectivity index (χ2n) is 5.90. The van der Waals surface area contributed by atoms with Crippen LogP contribution in [0.4, 0.5) is 18.9 Å². The Morgan fingerprint density at radius 2 is 1.79 bits per heavy atom. The number of carbonyl (C=O) groups excluding carboxylic acids is 1. The molecule has 0 unspecified atom stereocenters.